The zero-order valence-corrected chi connectivity index (χ0v) is 7.87. The Morgan fingerprint density at radius 2 is 2.14 bits per heavy atom. The van der Waals surface area contributed by atoms with Crippen molar-refractivity contribution < 1.29 is 19.7 Å². The van der Waals surface area contributed by atoms with Crippen LogP contribution in [0.15, 0.2) is 6.07 Å². The number of rotatable bonds is 2. The highest BCUT2D eigenvalue weighted by atomic mass is 16.5. The van der Waals surface area contributed by atoms with Gasteiger partial charge in [0.2, 0.25) is 0 Å². The molecule has 14 heavy (non-hydrogen) atoms. The van der Waals surface area contributed by atoms with E-state index in [0.717, 1.165) is 0 Å². The molecule has 1 aromatic carbocycles. The van der Waals surface area contributed by atoms with E-state index in [0.29, 0.717) is 11.3 Å². The molecule has 0 amide bonds. The van der Waals surface area contributed by atoms with E-state index in [1.54, 1.807) is 6.92 Å². The summed E-state index contributed by atoms with van der Waals surface area (Å²) in [6.45, 7) is 1.65. The number of aryl methyl sites for hydroxylation is 1. The number of carboxylic acids is 1. The SMILES string of the molecule is COc1c(C)cc(C(=O)O)c(O)c1N. The Bertz CT molecular complexity index is 387. The molecule has 0 unspecified atom stereocenters. The summed E-state index contributed by atoms with van der Waals surface area (Å²) >= 11 is 0. The first-order valence-electron chi connectivity index (χ1n) is 3.88. The monoisotopic (exact) mass is 197 g/mol. The number of aromatic hydroxyl groups is 1. The average molecular weight is 197 g/mol. The van der Waals surface area contributed by atoms with Crippen molar-refractivity contribution in [2.24, 2.45) is 0 Å². The van der Waals surface area contributed by atoms with Crippen LogP contribution in [0.5, 0.6) is 11.5 Å². The first-order chi connectivity index (χ1) is 6.49. The van der Waals surface area contributed by atoms with Gasteiger partial charge in [-0.2, -0.15) is 0 Å². The van der Waals surface area contributed by atoms with Crippen molar-refractivity contribution in [2.75, 3.05) is 12.8 Å². The van der Waals surface area contributed by atoms with Crippen LogP contribution in [0, 0.1) is 6.92 Å². The van der Waals surface area contributed by atoms with Crippen molar-refractivity contribution in [1.82, 2.24) is 0 Å². The molecule has 0 aromatic heterocycles. The molecule has 1 rings (SSSR count). The van der Waals surface area contributed by atoms with Crippen LogP contribution in [0.1, 0.15) is 15.9 Å². The third-order valence-corrected chi connectivity index (χ3v) is 1.91. The molecule has 0 atom stereocenters. The first-order valence-corrected chi connectivity index (χ1v) is 3.88. The molecule has 0 saturated heterocycles. The van der Waals surface area contributed by atoms with Gasteiger partial charge in [-0.3, -0.25) is 0 Å². The maximum absolute atomic E-state index is 10.7. The number of nitrogens with two attached hydrogens (primary N) is 1. The summed E-state index contributed by atoms with van der Waals surface area (Å²) in [5.41, 5.74) is 5.79. The van der Waals surface area contributed by atoms with E-state index in [4.69, 9.17) is 15.6 Å². The molecule has 0 saturated carbocycles. The van der Waals surface area contributed by atoms with Gasteiger partial charge in [-0.05, 0) is 18.6 Å². The maximum Gasteiger partial charge on any atom is 0.339 e. The van der Waals surface area contributed by atoms with Gasteiger partial charge in [-0.25, -0.2) is 4.79 Å². The maximum atomic E-state index is 10.7. The van der Waals surface area contributed by atoms with Crippen LogP contribution in [-0.4, -0.2) is 23.3 Å². The molecule has 0 radical (unpaired) electrons. The van der Waals surface area contributed by atoms with Crippen LogP contribution in [0.3, 0.4) is 0 Å². The van der Waals surface area contributed by atoms with Gasteiger partial charge in [0.25, 0.3) is 0 Å². The Morgan fingerprint density at radius 1 is 1.57 bits per heavy atom. The fourth-order valence-corrected chi connectivity index (χ4v) is 1.25. The Labute approximate surface area is 80.7 Å². The summed E-state index contributed by atoms with van der Waals surface area (Å²) in [4.78, 5) is 10.7. The van der Waals surface area contributed by atoms with Crippen molar-refractivity contribution in [3.05, 3.63) is 17.2 Å². The van der Waals surface area contributed by atoms with Gasteiger partial charge in [-0.1, -0.05) is 0 Å². The van der Waals surface area contributed by atoms with E-state index < -0.39 is 11.7 Å². The lowest BCUT2D eigenvalue weighted by atomic mass is 10.1. The molecule has 76 valence electrons. The lowest BCUT2D eigenvalue weighted by Gasteiger charge is -2.11. The van der Waals surface area contributed by atoms with Crippen LogP contribution in [0.2, 0.25) is 0 Å². The van der Waals surface area contributed by atoms with E-state index in [9.17, 15) is 9.90 Å². The lowest BCUT2D eigenvalue weighted by Crippen LogP contribution is -2.03. The number of aromatic carboxylic acids is 1. The summed E-state index contributed by atoms with van der Waals surface area (Å²) in [7, 11) is 1.40. The number of hydrogen-bond acceptors (Lipinski definition) is 4. The largest absolute Gasteiger partial charge is 0.505 e. The fourth-order valence-electron chi connectivity index (χ4n) is 1.25. The van der Waals surface area contributed by atoms with Crippen molar-refractivity contribution >= 4 is 11.7 Å². The molecular weight excluding hydrogens is 186 g/mol. The van der Waals surface area contributed by atoms with Gasteiger partial charge >= 0.3 is 5.97 Å². The van der Waals surface area contributed by atoms with Crippen molar-refractivity contribution in [3.63, 3.8) is 0 Å². The first kappa shape index (κ1) is 10.2. The van der Waals surface area contributed by atoms with Crippen molar-refractivity contribution in [3.8, 4) is 11.5 Å². The molecule has 1 aromatic rings. The lowest BCUT2D eigenvalue weighted by molar-refractivity contribution is 0.0693. The van der Waals surface area contributed by atoms with Crippen LogP contribution < -0.4 is 10.5 Å². The summed E-state index contributed by atoms with van der Waals surface area (Å²) in [6, 6.07) is 1.31. The van der Waals surface area contributed by atoms with E-state index in [-0.39, 0.29) is 11.3 Å². The van der Waals surface area contributed by atoms with E-state index in [1.165, 1.54) is 13.2 Å². The second kappa shape index (κ2) is 3.45. The van der Waals surface area contributed by atoms with Crippen LogP contribution in [0.25, 0.3) is 0 Å². The molecular formula is C9H11NO4. The predicted molar refractivity (Wildman–Crippen MR) is 50.8 cm³/mol. The number of anilines is 1. The molecule has 0 bridgehead atoms. The smallest absolute Gasteiger partial charge is 0.339 e. The number of carboxylic acid groups (broad SMARTS) is 1. The Balaban J connectivity index is 3.47. The number of ether oxygens (including phenoxy) is 1. The molecule has 0 aliphatic rings. The number of hydrogen-bond donors (Lipinski definition) is 3. The fraction of sp³-hybridized carbons (Fsp3) is 0.222. The molecule has 0 fully saturated rings. The minimum Gasteiger partial charge on any atom is -0.505 e. The molecule has 5 heteroatoms. The number of methoxy groups -OCH3 is 1. The van der Waals surface area contributed by atoms with Crippen LogP contribution in [-0.2, 0) is 0 Å². The summed E-state index contributed by atoms with van der Waals surface area (Å²) in [6.07, 6.45) is 0. The Hall–Kier alpha value is -1.91. The van der Waals surface area contributed by atoms with Crippen LogP contribution in [0.4, 0.5) is 5.69 Å². The van der Waals surface area contributed by atoms with E-state index in [2.05, 4.69) is 0 Å². The van der Waals surface area contributed by atoms with E-state index >= 15 is 0 Å². The number of benzene rings is 1. The molecule has 5 nitrogen and oxygen atoms in total. The zero-order chi connectivity index (χ0) is 10.9. The standard InChI is InChI=1S/C9H11NO4/c1-4-3-5(9(12)13)7(11)6(10)8(4)14-2/h3,11H,10H2,1-2H3,(H,12,13). The molecule has 4 N–H and O–H groups in total. The number of carbonyl (C=O) groups is 1. The molecule has 0 aliphatic carbocycles. The minimum atomic E-state index is -1.22. The number of phenols is 1. The number of nitrogen functional groups attached to an aromatic ring is 1. The van der Waals surface area contributed by atoms with Crippen molar-refractivity contribution in [1.29, 1.82) is 0 Å². The van der Waals surface area contributed by atoms with Crippen LogP contribution >= 0.6 is 0 Å². The van der Waals surface area contributed by atoms with Gasteiger partial charge in [0.1, 0.15) is 17.0 Å². The van der Waals surface area contributed by atoms with Crippen molar-refractivity contribution in [2.45, 2.75) is 6.92 Å². The Kier molecular flexibility index (Phi) is 2.51. The highest BCUT2D eigenvalue weighted by molar-refractivity contribution is 5.94. The Morgan fingerprint density at radius 3 is 2.57 bits per heavy atom. The highest BCUT2D eigenvalue weighted by Crippen LogP contribution is 2.36. The predicted octanol–water partition coefficient (Wildman–Crippen LogP) is 0.990. The quantitative estimate of drug-likeness (QED) is 0.485. The van der Waals surface area contributed by atoms with Gasteiger partial charge < -0.3 is 20.7 Å². The minimum absolute atomic E-state index is 0.0510. The highest BCUT2D eigenvalue weighted by Gasteiger charge is 2.17. The normalized spacial score (nSPS) is 9.86. The second-order valence-corrected chi connectivity index (χ2v) is 2.84. The van der Waals surface area contributed by atoms with E-state index in [1.807, 2.05) is 0 Å². The summed E-state index contributed by atoms with van der Waals surface area (Å²) < 4.78 is 4.91. The van der Waals surface area contributed by atoms with Gasteiger partial charge in [-0.15, -0.1) is 0 Å². The topological polar surface area (TPSA) is 92.8 Å². The van der Waals surface area contributed by atoms with Gasteiger partial charge in [0.15, 0.2) is 5.75 Å². The molecule has 0 aliphatic heterocycles. The summed E-state index contributed by atoms with van der Waals surface area (Å²) in [5.74, 6) is -1.38. The third kappa shape index (κ3) is 1.44. The third-order valence-electron chi connectivity index (χ3n) is 1.91. The average Bonchev–Trinajstić information content (AvgIpc) is 2.12. The second-order valence-electron chi connectivity index (χ2n) is 2.84. The summed E-state index contributed by atoms with van der Waals surface area (Å²) in [5, 5.41) is 18.1. The van der Waals surface area contributed by atoms with Gasteiger partial charge in [0, 0.05) is 0 Å². The van der Waals surface area contributed by atoms with Gasteiger partial charge in [0.05, 0.1) is 7.11 Å². The molecule has 0 heterocycles. The molecule has 0 spiro atoms. The zero-order valence-electron chi connectivity index (χ0n) is 7.87.